The van der Waals surface area contributed by atoms with Crippen LogP contribution in [0, 0.1) is 11.3 Å². The normalized spacial score (nSPS) is 13.6. The summed E-state index contributed by atoms with van der Waals surface area (Å²) in [6, 6.07) is 13.9. The molecular weight excluding hydrogens is 290 g/mol. The molecule has 0 saturated heterocycles. The molecule has 0 aliphatic carbocycles. The molecular formula is C19H15NO3. The van der Waals surface area contributed by atoms with Crippen molar-refractivity contribution in [3.63, 3.8) is 0 Å². The van der Waals surface area contributed by atoms with Crippen LogP contribution in [0.25, 0.3) is 16.8 Å². The quantitative estimate of drug-likeness (QED) is 0.493. The minimum atomic E-state index is -0.611. The lowest BCUT2D eigenvalue weighted by molar-refractivity contribution is -0.138. The maximum absolute atomic E-state index is 11.7. The highest BCUT2D eigenvalue weighted by atomic mass is 16.5. The fourth-order valence-electron chi connectivity index (χ4n) is 2.55. The number of benzene rings is 2. The largest absolute Gasteiger partial charge is 0.488 e. The van der Waals surface area contributed by atoms with E-state index >= 15 is 0 Å². The van der Waals surface area contributed by atoms with Gasteiger partial charge in [0.05, 0.1) is 6.61 Å². The summed E-state index contributed by atoms with van der Waals surface area (Å²) in [5, 5.41) is 11.3. The van der Waals surface area contributed by atoms with Crippen LogP contribution in [0.5, 0.6) is 5.75 Å². The summed E-state index contributed by atoms with van der Waals surface area (Å²) in [6.45, 7) is 2.26. The molecule has 114 valence electrons. The van der Waals surface area contributed by atoms with Gasteiger partial charge in [0.15, 0.2) is 0 Å². The van der Waals surface area contributed by atoms with Crippen molar-refractivity contribution in [2.45, 2.75) is 6.92 Å². The van der Waals surface area contributed by atoms with Crippen molar-refractivity contribution in [2.24, 2.45) is 0 Å². The van der Waals surface area contributed by atoms with Crippen molar-refractivity contribution in [1.29, 1.82) is 5.26 Å². The lowest BCUT2D eigenvalue weighted by Crippen LogP contribution is -2.10. The summed E-state index contributed by atoms with van der Waals surface area (Å²) >= 11 is 0. The van der Waals surface area contributed by atoms with E-state index < -0.39 is 5.97 Å². The maximum Gasteiger partial charge on any atom is 0.348 e. The summed E-state index contributed by atoms with van der Waals surface area (Å²) in [7, 11) is 0. The SMILES string of the molecule is CCOC(=O)/C(C#N)=C/C1=Cc2c(ccc3ccccc23)OC1. The van der Waals surface area contributed by atoms with Crippen molar-refractivity contribution < 1.29 is 14.3 Å². The Kier molecular flexibility index (Phi) is 4.11. The first-order valence-electron chi connectivity index (χ1n) is 7.37. The van der Waals surface area contributed by atoms with Crippen LogP contribution in [0.2, 0.25) is 0 Å². The standard InChI is InChI=1S/C19H15NO3/c1-2-22-19(21)15(11-20)9-13-10-17-16-6-4-3-5-14(16)7-8-18(17)23-12-13/h3-10H,2,12H2,1H3/b15-9+. The van der Waals surface area contributed by atoms with Crippen LogP contribution in [0.1, 0.15) is 12.5 Å². The zero-order chi connectivity index (χ0) is 16.2. The highest BCUT2D eigenvalue weighted by molar-refractivity contribution is 5.96. The van der Waals surface area contributed by atoms with Crippen molar-refractivity contribution >= 4 is 22.8 Å². The molecule has 0 radical (unpaired) electrons. The van der Waals surface area contributed by atoms with Gasteiger partial charge in [-0.3, -0.25) is 0 Å². The van der Waals surface area contributed by atoms with Gasteiger partial charge in [-0.15, -0.1) is 0 Å². The van der Waals surface area contributed by atoms with Crippen molar-refractivity contribution in [1.82, 2.24) is 0 Å². The molecule has 0 bridgehead atoms. The predicted octanol–water partition coefficient (Wildman–Crippen LogP) is 3.63. The Balaban J connectivity index is 2.04. The van der Waals surface area contributed by atoms with E-state index in [1.165, 1.54) is 6.08 Å². The molecule has 2 aromatic rings. The van der Waals surface area contributed by atoms with E-state index in [2.05, 4.69) is 0 Å². The van der Waals surface area contributed by atoms with Gasteiger partial charge in [-0.25, -0.2) is 4.79 Å². The maximum atomic E-state index is 11.7. The minimum Gasteiger partial charge on any atom is -0.488 e. The van der Waals surface area contributed by atoms with E-state index in [9.17, 15) is 4.79 Å². The van der Waals surface area contributed by atoms with Gasteiger partial charge < -0.3 is 9.47 Å². The Labute approximate surface area is 134 Å². The molecule has 1 heterocycles. The Morgan fingerprint density at radius 2 is 2.17 bits per heavy atom. The molecule has 3 rings (SSSR count). The van der Waals surface area contributed by atoms with Gasteiger partial charge in [-0.05, 0) is 41.5 Å². The predicted molar refractivity (Wildman–Crippen MR) is 87.7 cm³/mol. The molecule has 0 unspecified atom stereocenters. The molecule has 0 spiro atoms. The first kappa shape index (κ1) is 14.9. The first-order chi connectivity index (χ1) is 11.2. The van der Waals surface area contributed by atoms with Crippen LogP contribution in [0.3, 0.4) is 0 Å². The lowest BCUT2D eigenvalue weighted by Gasteiger charge is -2.18. The molecule has 4 nitrogen and oxygen atoms in total. The average molecular weight is 305 g/mol. The number of hydrogen-bond donors (Lipinski definition) is 0. The highest BCUT2D eigenvalue weighted by Crippen LogP contribution is 2.33. The Bertz CT molecular complexity index is 872. The second-order valence-electron chi connectivity index (χ2n) is 5.10. The number of carbonyl (C=O) groups excluding carboxylic acids is 1. The van der Waals surface area contributed by atoms with Gasteiger partial charge >= 0.3 is 5.97 Å². The Morgan fingerprint density at radius 1 is 1.35 bits per heavy atom. The average Bonchev–Trinajstić information content (AvgIpc) is 2.59. The van der Waals surface area contributed by atoms with Crippen LogP contribution in [0.4, 0.5) is 0 Å². The fraction of sp³-hybridized carbons (Fsp3) is 0.158. The van der Waals surface area contributed by atoms with Crippen LogP contribution in [0.15, 0.2) is 53.6 Å². The third-order valence-electron chi connectivity index (χ3n) is 3.60. The molecule has 0 fully saturated rings. The van der Waals surface area contributed by atoms with Crippen molar-refractivity contribution in [3.05, 3.63) is 59.2 Å². The molecule has 1 aliphatic rings. The lowest BCUT2D eigenvalue weighted by atomic mass is 9.99. The fourth-order valence-corrected chi connectivity index (χ4v) is 2.55. The van der Waals surface area contributed by atoms with Crippen LogP contribution in [-0.2, 0) is 9.53 Å². The van der Waals surface area contributed by atoms with Gasteiger partial charge in [-0.2, -0.15) is 5.26 Å². The minimum absolute atomic E-state index is 0.0228. The van der Waals surface area contributed by atoms with E-state index in [0.717, 1.165) is 27.7 Å². The monoisotopic (exact) mass is 305 g/mol. The zero-order valence-corrected chi connectivity index (χ0v) is 12.7. The Hall–Kier alpha value is -3.06. The van der Waals surface area contributed by atoms with Gasteiger partial charge in [0.2, 0.25) is 0 Å². The summed E-state index contributed by atoms with van der Waals surface area (Å²) < 4.78 is 10.6. The summed E-state index contributed by atoms with van der Waals surface area (Å²) in [6.07, 6.45) is 3.49. The molecule has 4 heteroatoms. The summed E-state index contributed by atoms with van der Waals surface area (Å²) in [4.78, 5) is 11.7. The number of nitrogens with zero attached hydrogens (tertiary/aromatic N) is 1. The third-order valence-corrected chi connectivity index (χ3v) is 3.60. The van der Waals surface area contributed by atoms with Gasteiger partial charge in [0.25, 0.3) is 0 Å². The number of hydrogen-bond acceptors (Lipinski definition) is 4. The van der Waals surface area contributed by atoms with E-state index in [4.69, 9.17) is 14.7 Å². The van der Waals surface area contributed by atoms with Crippen LogP contribution in [-0.4, -0.2) is 19.2 Å². The smallest absolute Gasteiger partial charge is 0.348 e. The van der Waals surface area contributed by atoms with Gasteiger partial charge in [-0.1, -0.05) is 30.3 Å². The molecule has 23 heavy (non-hydrogen) atoms. The third kappa shape index (κ3) is 2.95. The van der Waals surface area contributed by atoms with E-state index in [1.807, 2.05) is 48.5 Å². The number of esters is 1. The van der Waals surface area contributed by atoms with Crippen molar-refractivity contribution in [2.75, 3.05) is 13.2 Å². The molecule has 2 aromatic carbocycles. The summed E-state index contributed by atoms with van der Waals surface area (Å²) in [5.41, 5.74) is 1.70. The number of fused-ring (bicyclic) bond motifs is 3. The van der Waals surface area contributed by atoms with Gasteiger partial charge in [0, 0.05) is 5.56 Å². The van der Waals surface area contributed by atoms with Gasteiger partial charge in [0.1, 0.15) is 24.0 Å². The van der Waals surface area contributed by atoms with E-state index in [1.54, 1.807) is 6.92 Å². The van der Waals surface area contributed by atoms with Crippen molar-refractivity contribution in [3.8, 4) is 11.8 Å². The second kappa shape index (κ2) is 6.37. The number of ether oxygens (including phenoxy) is 2. The summed E-state index contributed by atoms with van der Waals surface area (Å²) in [5.74, 6) is 0.190. The van der Waals surface area contributed by atoms with E-state index in [-0.39, 0.29) is 12.2 Å². The van der Waals surface area contributed by atoms with E-state index in [0.29, 0.717) is 6.61 Å². The first-order valence-corrected chi connectivity index (χ1v) is 7.37. The van der Waals surface area contributed by atoms with Crippen LogP contribution >= 0.6 is 0 Å². The Morgan fingerprint density at radius 3 is 2.96 bits per heavy atom. The highest BCUT2D eigenvalue weighted by Gasteiger charge is 2.16. The molecule has 0 atom stereocenters. The molecule has 0 amide bonds. The molecule has 0 saturated carbocycles. The zero-order valence-electron chi connectivity index (χ0n) is 12.7. The topological polar surface area (TPSA) is 59.3 Å². The number of rotatable bonds is 3. The number of nitriles is 1. The molecule has 0 aromatic heterocycles. The second-order valence-corrected chi connectivity index (χ2v) is 5.10. The molecule has 1 aliphatic heterocycles. The van der Waals surface area contributed by atoms with Crippen LogP contribution < -0.4 is 4.74 Å². The molecule has 0 N–H and O–H groups in total. The number of carbonyl (C=O) groups is 1.